The highest BCUT2D eigenvalue weighted by Gasteiger charge is 2.14. The van der Waals surface area contributed by atoms with E-state index in [-0.39, 0.29) is 0 Å². The van der Waals surface area contributed by atoms with Gasteiger partial charge < -0.3 is 0 Å². The predicted molar refractivity (Wildman–Crippen MR) is 88.0 cm³/mol. The van der Waals surface area contributed by atoms with E-state index in [9.17, 15) is 0 Å². The van der Waals surface area contributed by atoms with Crippen molar-refractivity contribution >= 4 is 44.7 Å². The molecule has 0 amide bonds. The Kier molecular flexibility index (Phi) is 3.79. The highest BCUT2D eigenvalue weighted by atomic mass is 32.2. The van der Waals surface area contributed by atoms with E-state index in [1.165, 1.54) is 15.8 Å². The average molecular weight is 321 g/mol. The van der Waals surface area contributed by atoms with Gasteiger partial charge in [0.1, 0.15) is 15.7 Å². The van der Waals surface area contributed by atoms with Crippen LogP contribution in [-0.2, 0) is 5.75 Å². The third-order valence-corrected chi connectivity index (χ3v) is 6.06. The molecule has 0 saturated carbocycles. The Morgan fingerprint density at radius 2 is 1.90 bits per heavy atom. The van der Waals surface area contributed by atoms with Crippen LogP contribution < -0.4 is 0 Å². The smallest absolute Gasteiger partial charge is 0.128 e. The second-order valence-corrected chi connectivity index (χ2v) is 7.92. The molecule has 3 aromatic rings. The molecule has 0 bridgehead atoms. The van der Waals surface area contributed by atoms with E-state index in [2.05, 4.69) is 34.2 Å². The van der Waals surface area contributed by atoms with Crippen LogP contribution in [0.3, 0.4) is 0 Å². The van der Waals surface area contributed by atoms with Gasteiger partial charge in [0.15, 0.2) is 0 Å². The highest BCUT2D eigenvalue weighted by Crippen LogP contribution is 2.36. The van der Waals surface area contributed by atoms with Crippen LogP contribution in [0.15, 0.2) is 10.4 Å². The minimum atomic E-state index is 0.843. The first-order chi connectivity index (χ1) is 9.54. The SMILES string of the molecule is Cc1nc(SCc2csc(C)n2)c2c(C)c(C)sc2n1. The molecule has 0 spiro atoms. The summed E-state index contributed by atoms with van der Waals surface area (Å²) in [6, 6.07) is 0. The second-order valence-electron chi connectivity index (χ2n) is 4.69. The van der Waals surface area contributed by atoms with Crippen molar-refractivity contribution in [2.24, 2.45) is 0 Å². The average Bonchev–Trinajstić information content (AvgIpc) is 2.92. The Balaban J connectivity index is 1.97. The summed E-state index contributed by atoms with van der Waals surface area (Å²) in [6.07, 6.45) is 0. The summed E-state index contributed by atoms with van der Waals surface area (Å²) in [4.78, 5) is 16.1. The van der Waals surface area contributed by atoms with Crippen LogP contribution in [0.4, 0.5) is 0 Å². The maximum absolute atomic E-state index is 4.63. The van der Waals surface area contributed by atoms with E-state index in [0.29, 0.717) is 0 Å². The van der Waals surface area contributed by atoms with Crippen molar-refractivity contribution < 1.29 is 0 Å². The van der Waals surface area contributed by atoms with Gasteiger partial charge in [-0.25, -0.2) is 15.0 Å². The lowest BCUT2D eigenvalue weighted by molar-refractivity contribution is 1.01. The van der Waals surface area contributed by atoms with E-state index < -0.39 is 0 Å². The molecule has 3 aromatic heterocycles. The number of thiazole rings is 1. The predicted octanol–water partition coefficient (Wildman–Crippen LogP) is 4.67. The zero-order valence-electron chi connectivity index (χ0n) is 11.9. The summed E-state index contributed by atoms with van der Waals surface area (Å²) < 4.78 is 0. The Labute approximate surface area is 130 Å². The molecule has 0 radical (unpaired) electrons. The maximum atomic E-state index is 4.63. The fourth-order valence-corrected chi connectivity index (χ4v) is 4.92. The van der Waals surface area contributed by atoms with Gasteiger partial charge in [-0.1, -0.05) is 11.8 Å². The van der Waals surface area contributed by atoms with Crippen LogP contribution in [0.5, 0.6) is 0 Å². The normalized spacial score (nSPS) is 11.4. The molecule has 0 unspecified atom stereocenters. The zero-order chi connectivity index (χ0) is 14.3. The van der Waals surface area contributed by atoms with Gasteiger partial charge in [0, 0.05) is 21.4 Å². The van der Waals surface area contributed by atoms with Gasteiger partial charge in [-0.15, -0.1) is 22.7 Å². The zero-order valence-corrected chi connectivity index (χ0v) is 14.3. The summed E-state index contributed by atoms with van der Waals surface area (Å²) >= 11 is 5.21. The highest BCUT2D eigenvalue weighted by molar-refractivity contribution is 7.98. The number of hydrogen-bond donors (Lipinski definition) is 0. The quantitative estimate of drug-likeness (QED) is 0.519. The van der Waals surface area contributed by atoms with Gasteiger partial charge in [0.2, 0.25) is 0 Å². The first kappa shape index (κ1) is 14.0. The van der Waals surface area contributed by atoms with Crippen molar-refractivity contribution in [3.05, 3.63) is 32.3 Å². The van der Waals surface area contributed by atoms with Gasteiger partial charge in [0.25, 0.3) is 0 Å². The van der Waals surface area contributed by atoms with Gasteiger partial charge in [0.05, 0.1) is 10.7 Å². The topological polar surface area (TPSA) is 38.7 Å². The van der Waals surface area contributed by atoms with Gasteiger partial charge in [-0.05, 0) is 33.3 Å². The van der Waals surface area contributed by atoms with E-state index in [1.807, 2.05) is 13.8 Å². The van der Waals surface area contributed by atoms with Crippen molar-refractivity contribution in [2.45, 2.75) is 38.5 Å². The fraction of sp³-hybridized carbons (Fsp3) is 0.357. The van der Waals surface area contributed by atoms with Gasteiger partial charge in [-0.2, -0.15) is 0 Å². The van der Waals surface area contributed by atoms with Gasteiger partial charge in [-0.3, -0.25) is 0 Å². The summed E-state index contributed by atoms with van der Waals surface area (Å²) in [6.45, 7) is 8.30. The molecule has 3 nitrogen and oxygen atoms in total. The molecule has 3 heterocycles. The number of hydrogen-bond acceptors (Lipinski definition) is 6. The van der Waals surface area contributed by atoms with E-state index in [0.717, 1.165) is 32.1 Å². The van der Waals surface area contributed by atoms with Crippen LogP contribution in [0.25, 0.3) is 10.2 Å². The third kappa shape index (κ3) is 2.60. The molecule has 104 valence electrons. The number of nitrogens with zero attached hydrogens (tertiary/aromatic N) is 3. The molecule has 0 atom stereocenters. The van der Waals surface area contributed by atoms with Crippen LogP contribution in [0.1, 0.15) is 27.0 Å². The molecular weight excluding hydrogens is 306 g/mol. The summed E-state index contributed by atoms with van der Waals surface area (Å²) in [5.41, 5.74) is 2.44. The molecule has 0 aliphatic rings. The summed E-state index contributed by atoms with van der Waals surface area (Å²) in [5.74, 6) is 1.71. The first-order valence-electron chi connectivity index (χ1n) is 6.32. The lowest BCUT2D eigenvalue weighted by Crippen LogP contribution is -1.92. The molecule has 6 heteroatoms. The molecular formula is C14H15N3S3. The Morgan fingerprint density at radius 3 is 2.60 bits per heavy atom. The number of rotatable bonds is 3. The summed E-state index contributed by atoms with van der Waals surface area (Å²) in [5, 5.41) is 5.54. The Hall–Kier alpha value is -0.980. The third-order valence-electron chi connectivity index (χ3n) is 3.13. The number of aromatic nitrogens is 3. The van der Waals surface area contributed by atoms with Crippen LogP contribution in [0.2, 0.25) is 0 Å². The van der Waals surface area contributed by atoms with Crippen LogP contribution >= 0.6 is 34.4 Å². The monoisotopic (exact) mass is 321 g/mol. The van der Waals surface area contributed by atoms with Crippen molar-refractivity contribution in [3.8, 4) is 0 Å². The minimum absolute atomic E-state index is 0.843. The number of aryl methyl sites for hydroxylation is 4. The molecule has 0 N–H and O–H groups in total. The van der Waals surface area contributed by atoms with Crippen LogP contribution in [-0.4, -0.2) is 15.0 Å². The summed E-state index contributed by atoms with van der Waals surface area (Å²) in [7, 11) is 0. The molecule has 0 aliphatic carbocycles. The molecule has 0 aliphatic heterocycles. The number of thioether (sulfide) groups is 1. The van der Waals surface area contributed by atoms with Crippen molar-refractivity contribution in [1.29, 1.82) is 0 Å². The first-order valence-corrected chi connectivity index (χ1v) is 9.01. The minimum Gasteiger partial charge on any atom is -0.246 e. The van der Waals surface area contributed by atoms with E-state index in [1.54, 1.807) is 34.4 Å². The van der Waals surface area contributed by atoms with Crippen molar-refractivity contribution in [3.63, 3.8) is 0 Å². The van der Waals surface area contributed by atoms with E-state index >= 15 is 0 Å². The molecule has 0 fully saturated rings. The molecule has 20 heavy (non-hydrogen) atoms. The van der Waals surface area contributed by atoms with E-state index in [4.69, 9.17) is 0 Å². The standard InChI is InChI=1S/C14H15N3S3/c1-7-8(2)20-14-12(7)13(15-9(3)16-14)19-6-11-5-18-10(4)17-11/h5H,6H2,1-4H3. The molecule has 0 aromatic carbocycles. The van der Waals surface area contributed by atoms with Crippen molar-refractivity contribution in [1.82, 2.24) is 15.0 Å². The lowest BCUT2D eigenvalue weighted by Gasteiger charge is -2.03. The Morgan fingerprint density at radius 1 is 1.10 bits per heavy atom. The van der Waals surface area contributed by atoms with Crippen molar-refractivity contribution in [2.75, 3.05) is 0 Å². The molecule has 3 rings (SSSR count). The fourth-order valence-electron chi connectivity index (χ4n) is 2.04. The largest absolute Gasteiger partial charge is 0.246 e. The number of thiophene rings is 1. The lowest BCUT2D eigenvalue weighted by atomic mass is 10.2. The van der Waals surface area contributed by atoms with Gasteiger partial charge >= 0.3 is 0 Å². The van der Waals surface area contributed by atoms with Crippen LogP contribution in [0, 0.1) is 27.7 Å². The molecule has 0 saturated heterocycles. The maximum Gasteiger partial charge on any atom is 0.128 e. The Bertz CT molecular complexity index is 773. The second kappa shape index (κ2) is 5.42. The number of fused-ring (bicyclic) bond motifs is 1.